The summed E-state index contributed by atoms with van der Waals surface area (Å²) in [7, 11) is 1.45. The summed E-state index contributed by atoms with van der Waals surface area (Å²) in [6, 6.07) is 11.2. The molecule has 2 rings (SSSR count). The van der Waals surface area contributed by atoms with Crippen LogP contribution in [0.1, 0.15) is 59.5 Å². The van der Waals surface area contributed by atoms with E-state index in [4.69, 9.17) is 9.47 Å². The Balaban J connectivity index is 2.63. The third kappa shape index (κ3) is 5.05. The zero-order valence-electron chi connectivity index (χ0n) is 18.2. The fourth-order valence-corrected chi connectivity index (χ4v) is 5.77. The lowest BCUT2D eigenvalue weighted by Gasteiger charge is -2.22. The molecule has 0 radical (unpaired) electrons. The van der Waals surface area contributed by atoms with Gasteiger partial charge in [0.25, 0.3) is 0 Å². The van der Waals surface area contributed by atoms with E-state index < -0.39 is 7.92 Å². The van der Waals surface area contributed by atoms with Crippen LogP contribution in [0, 0.1) is 5.92 Å². The van der Waals surface area contributed by atoms with Gasteiger partial charge in [0.2, 0.25) is 0 Å². The molecular formula is C24H31O4P. The maximum atomic E-state index is 13.8. The Kier molecular flexibility index (Phi) is 8.40. The molecule has 5 heteroatoms. The molecule has 2 aromatic rings. The van der Waals surface area contributed by atoms with Crippen LogP contribution in [0.2, 0.25) is 0 Å². The number of carbonyl (C=O) groups is 2. The van der Waals surface area contributed by atoms with Crippen LogP contribution < -0.4 is 9.47 Å². The zero-order chi connectivity index (χ0) is 21.6. The van der Waals surface area contributed by atoms with Crippen LogP contribution in [-0.2, 0) is 12.8 Å². The number of methoxy groups -OCH3 is 2. The number of hydrogen-bond acceptors (Lipinski definition) is 4. The van der Waals surface area contributed by atoms with Crippen LogP contribution >= 0.6 is 7.92 Å². The molecule has 0 aliphatic rings. The highest BCUT2D eigenvalue weighted by Crippen LogP contribution is 2.49. The van der Waals surface area contributed by atoms with Crippen molar-refractivity contribution in [2.75, 3.05) is 20.4 Å². The molecule has 0 aliphatic carbocycles. The number of hydrogen-bond donors (Lipinski definition) is 0. The van der Waals surface area contributed by atoms with Crippen molar-refractivity contribution in [2.45, 2.75) is 40.5 Å². The van der Waals surface area contributed by atoms with Crippen LogP contribution in [0.5, 0.6) is 11.5 Å². The van der Waals surface area contributed by atoms with Crippen molar-refractivity contribution in [3.05, 3.63) is 58.7 Å². The molecule has 0 saturated heterocycles. The predicted molar refractivity (Wildman–Crippen MR) is 120 cm³/mol. The first-order valence-corrected chi connectivity index (χ1v) is 11.6. The van der Waals surface area contributed by atoms with Crippen molar-refractivity contribution in [3.63, 3.8) is 0 Å². The molecular weight excluding hydrogens is 383 g/mol. The fourth-order valence-electron chi connectivity index (χ4n) is 3.47. The minimum absolute atomic E-state index is 0.0408. The molecule has 0 spiro atoms. The topological polar surface area (TPSA) is 52.6 Å². The van der Waals surface area contributed by atoms with E-state index >= 15 is 0 Å². The summed E-state index contributed by atoms with van der Waals surface area (Å²) in [5, 5.41) is 0. The minimum Gasteiger partial charge on any atom is -0.496 e. The van der Waals surface area contributed by atoms with Crippen LogP contribution in [0.25, 0.3) is 0 Å². The van der Waals surface area contributed by atoms with Gasteiger partial charge >= 0.3 is 0 Å². The minimum atomic E-state index is -1.60. The molecule has 0 saturated carbocycles. The summed E-state index contributed by atoms with van der Waals surface area (Å²) in [5.74, 6) is 1.10. The van der Waals surface area contributed by atoms with Crippen LogP contribution in [0.15, 0.2) is 36.4 Å². The van der Waals surface area contributed by atoms with Crippen molar-refractivity contribution in [1.29, 1.82) is 0 Å². The Hall–Kier alpha value is -2.19. The van der Waals surface area contributed by atoms with Gasteiger partial charge in [0.1, 0.15) is 17.1 Å². The summed E-state index contributed by atoms with van der Waals surface area (Å²) < 4.78 is 10.9. The molecule has 0 heterocycles. The lowest BCUT2D eigenvalue weighted by atomic mass is 9.98. The van der Waals surface area contributed by atoms with E-state index in [9.17, 15) is 9.59 Å². The molecule has 0 amide bonds. The van der Waals surface area contributed by atoms with Gasteiger partial charge in [-0.1, -0.05) is 52.0 Å². The maximum Gasteiger partial charge on any atom is 0.199 e. The molecule has 156 valence electrons. The van der Waals surface area contributed by atoms with E-state index in [2.05, 4.69) is 0 Å². The number of ether oxygens (including phenoxy) is 2. The molecule has 1 unspecified atom stereocenters. The molecule has 2 aromatic carbocycles. The first-order chi connectivity index (χ1) is 13.9. The first kappa shape index (κ1) is 23.1. The number of rotatable bonds is 10. The average Bonchev–Trinajstić information content (AvgIpc) is 2.74. The lowest BCUT2D eigenvalue weighted by molar-refractivity contribution is 0.104. The van der Waals surface area contributed by atoms with E-state index in [0.29, 0.717) is 23.2 Å². The van der Waals surface area contributed by atoms with E-state index in [1.54, 1.807) is 18.2 Å². The van der Waals surface area contributed by atoms with Crippen molar-refractivity contribution in [2.24, 2.45) is 5.92 Å². The molecule has 1 atom stereocenters. The lowest BCUT2D eigenvalue weighted by Crippen LogP contribution is -2.16. The van der Waals surface area contributed by atoms with Crippen LogP contribution in [0.3, 0.4) is 0 Å². The largest absolute Gasteiger partial charge is 0.496 e. The first-order valence-electron chi connectivity index (χ1n) is 10.1. The van der Waals surface area contributed by atoms with Gasteiger partial charge < -0.3 is 9.47 Å². The molecule has 0 bridgehead atoms. The van der Waals surface area contributed by atoms with Crippen LogP contribution in [-0.4, -0.2) is 31.4 Å². The van der Waals surface area contributed by atoms with Gasteiger partial charge in [-0.2, -0.15) is 0 Å². The van der Waals surface area contributed by atoms with Crippen molar-refractivity contribution < 1.29 is 19.1 Å². The van der Waals surface area contributed by atoms with Gasteiger partial charge in [0, 0.05) is 13.5 Å². The second-order valence-electron chi connectivity index (χ2n) is 7.31. The standard InChI is InChI=1S/C24H31O4P/c1-7-17-11-9-12-18(8-2)21(17)23(25)29(15-16(3)4)24(26)22-19(27-5)13-10-14-20(22)28-6/h9-14,16H,7-8,15H2,1-6H3. The zero-order valence-corrected chi connectivity index (χ0v) is 19.1. The smallest absolute Gasteiger partial charge is 0.199 e. The Labute approximate surface area is 175 Å². The molecule has 0 aromatic heterocycles. The van der Waals surface area contributed by atoms with E-state index in [1.807, 2.05) is 45.9 Å². The highest BCUT2D eigenvalue weighted by Gasteiger charge is 2.34. The third-order valence-electron chi connectivity index (χ3n) is 4.89. The highest BCUT2D eigenvalue weighted by molar-refractivity contribution is 7.90. The van der Waals surface area contributed by atoms with Gasteiger partial charge in [0.05, 0.1) is 14.2 Å². The maximum absolute atomic E-state index is 13.8. The Morgan fingerprint density at radius 2 is 1.28 bits per heavy atom. The SMILES string of the molecule is CCc1cccc(CC)c1C(=O)P(CC(C)C)C(=O)c1c(OC)cccc1OC. The van der Waals surface area contributed by atoms with Crippen molar-refractivity contribution >= 4 is 19.0 Å². The molecule has 29 heavy (non-hydrogen) atoms. The Morgan fingerprint density at radius 3 is 1.69 bits per heavy atom. The van der Waals surface area contributed by atoms with Gasteiger partial charge in [0.15, 0.2) is 11.0 Å². The molecule has 0 N–H and O–H groups in total. The van der Waals surface area contributed by atoms with Crippen molar-refractivity contribution in [1.82, 2.24) is 0 Å². The summed E-state index contributed by atoms with van der Waals surface area (Å²) in [6.07, 6.45) is 2.05. The predicted octanol–water partition coefficient (Wildman–Crippen LogP) is 5.95. The molecule has 0 aliphatic heterocycles. The monoisotopic (exact) mass is 414 g/mol. The summed E-state index contributed by atoms with van der Waals surface area (Å²) in [6.45, 7) is 8.17. The van der Waals surface area contributed by atoms with Gasteiger partial charge in [-0.25, -0.2) is 0 Å². The van der Waals surface area contributed by atoms with Gasteiger partial charge in [-0.05, 0) is 48.2 Å². The molecule has 0 fully saturated rings. The quantitative estimate of drug-likeness (QED) is 0.451. The fraction of sp³-hybridized carbons (Fsp3) is 0.417. The summed E-state index contributed by atoms with van der Waals surface area (Å²) >= 11 is 0. The number of aryl methyl sites for hydroxylation is 2. The average molecular weight is 414 g/mol. The highest BCUT2D eigenvalue weighted by atomic mass is 31.1. The number of benzene rings is 2. The third-order valence-corrected chi connectivity index (χ3v) is 7.42. The van der Waals surface area contributed by atoms with Gasteiger partial charge in [-0.15, -0.1) is 0 Å². The van der Waals surface area contributed by atoms with E-state index in [1.165, 1.54) is 14.2 Å². The second-order valence-corrected chi connectivity index (χ2v) is 9.34. The second kappa shape index (κ2) is 10.5. The van der Waals surface area contributed by atoms with E-state index in [0.717, 1.165) is 29.5 Å². The van der Waals surface area contributed by atoms with Crippen LogP contribution in [0.4, 0.5) is 0 Å². The molecule has 4 nitrogen and oxygen atoms in total. The summed E-state index contributed by atoms with van der Waals surface area (Å²) in [4.78, 5) is 27.5. The number of carbonyl (C=O) groups excluding carboxylic acids is 2. The van der Waals surface area contributed by atoms with Crippen molar-refractivity contribution in [3.8, 4) is 11.5 Å². The van der Waals surface area contributed by atoms with Gasteiger partial charge in [-0.3, -0.25) is 9.59 Å². The van der Waals surface area contributed by atoms with E-state index in [-0.39, 0.29) is 17.0 Å². The Morgan fingerprint density at radius 1 is 0.828 bits per heavy atom. The Bertz CT molecular complexity index is 761. The normalized spacial score (nSPS) is 12.0. The summed E-state index contributed by atoms with van der Waals surface area (Å²) in [5.41, 5.74) is 2.88.